The third-order valence-corrected chi connectivity index (χ3v) is 15.6. The van der Waals surface area contributed by atoms with E-state index in [1.54, 1.807) is 0 Å². The molecule has 0 unspecified atom stereocenters. The summed E-state index contributed by atoms with van der Waals surface area (Å²) in [6, 6.07) is 65.3. The van der Waals surface area contributed by atoms with Crippen LogP contribution in [-0.4, -0.2) is 21.7 Å². The molecule has 0 saturated carbocycles. The fourth-order valence-corrected chi connectivity index (χ4v) is 11.7. The quantitative estimate of drug-likeness (QED) is 0.106. The Bertz CT molecular complexity index is 2120. The molecule has 0 aliphatic rings. The van der Waals surface area contributed by atoms with Gasteiger partial charge in [-0.2, -0.15) is 0 Å². The van der Waals surface area contributed by atoms with E-state index < -0.39 is 53.7 Å². The van der Waals surface area contributed by atoms with E-state index in [1.165, 1.54) is 31.8 Å². The second-order valence-corrected chi connectivity index (χ2v) is 40.0. The van der Waals surface area contributed by atoms with Crippen LogP contribution in [0.25, 0.3) is 0 Å². The number of halogens is 4. The zero-order valence-corrected chi connectivity index (χ0v) is 46.4. The molecule has 328 valence electrons. The monoisotopic (exact) mass is 1480 g/mol. The first-order valence-electron chi connectivity index (χ1n) is 16.2. The van der Waals surface area contributed by atoms with Crippen molar-refractivity contribution in [3.63, 3.8) is 0 Å². The fraction of sp³-hybridized carbons (Fsp3) is 0.0526. The normalized spacial score (nSPS) is 11.4. The van der Waals surface area contributed by atoms with E-state index in [0.29, 0.717) is 0 Å². The van der Waals surface area contributed by atoms with Crippen LogP contribution in [0.1, 0.15) is 0 Å². The summed E-state index contributed by atoms with van der Waals surface area (Å²) >= 11 is 3.63. The van der Waals surface area contributed by atoms with Crippen molar-refractivity contribution >= 4 is 128 Å². The van der Waals surface area contributed by atoms with Gasteiger partial charge in [0.2, 0.25) is 0 Å². The molecule has 0 aliphatic carbocycles. The summed E-state index contributed by atoms with van der Waals surface area (Å²) in [6.45, 7) is 4.82. The van der Waals surface area contributed by atoms with Gasteiger partial charge in [0.1, 0.15) is 46.4 Å². The summed E-state index contributed by atoms with van der Waals surface area (Å²) < 4.78 is 107. The Balaban J connectivity index is 0.000000417. The van der Waals surface area contributed by atoms with Crippen LogP contribution in [-0.2, 0) is 69.8 Å². The first kappa shape index (κ1) is 57.4. The molecule has 0 bridgehead atoms. The second-order valence-electron chi connectivity index (χ2n) is 11.5. The summed E-state index contributed by atoms with van der Waals surface area (Å²) in [4.78, 5) is 0. The molecule has 6 rings (SSSR count). The Morgan fingerprint density at radius 1 is 0.333 bits per heavy atom. The molecule has 2 N–H and O–H groups in total. The SMILES string of the molecule is C[P+](c1ccccc1)(c1ccccc1)c1ccccc1.C[P+](c1ccccc1)(c1ccccc1)c1ccccc1.[O]=[Mn](=[O])([O-])[I].[O]=[Mn](=[O])([O-])[I].[O]=[Mn](=[O])([OH])[I].[O]=[Mn](=[O])([OH])[I]. The second kappa shape index (κ2) is 27.7. The molecule has 0 fully saturated rings. The molecule has 0 spiro atoms. The molecule has 60 heavy (non-hydrogen) atoms. The summed E-state index contributed by atoms with van der Waals surface area (Å²) in [5.74, 6) is 0. The van der Waals surface area contributed by atoms with Gasteiger partial charge in [0.05, 0.1) is 13.3 Å². The molecule has 6 aromatic rings. The van der Waals surface area contributed by atoms with Gasteiger partial charge in [0, 0.05) is 0 Å². The van der Waals surface area contributed by atoms with E-state index in [2.05, 4.69) is 195 Å². The molecule has 0 atom stereocenters. The average molecular weight is 1480 g/mol. The van der Waals surface area contributed by atoms with E-state index in [9.17, 15) is 15.3 Å². The maximum atomic E-state index is 9.23. The molecular formula is C38H38I4Mn4O12P2. The van der Waals surface area contributed by atoms with Crippen molar-refractivity contribution in [2.45, 2.75) is 0 Å². The van der Waals surface area contributed by atoms with E-state index >= 15 is 0 Å². The van der Waals surface area contributed by atoms with E-state index in [1.807, 2.05) is 0 Å². The van der Waals surface area contributed by atoms with Crippen molar-refractivity contribution in [1.82, 2.24) is 0 Å². The third kappa shape index (κ3) is 26.3. The van der Waals surface area contributed by atoms with Gasteiger partial charge in [-0.3, -0.25) is 0 Å². The van der Waals surface area contributed by atoms with Crippen LogP contribution in [0.3, 0.4) is 0 Å². The predicted octanol–water partition coefficient (Wildman–Crippen LogP) is 6.31. The van der Waals surface area contributed by atoms with Crippen LogP contribution >= 0.6 is 95.9 Å². The molecule has 0 aliphatic heterocycles. The van der Waals surface area contributed by atoms with Crippen LogP contribution in [0.15, 0.2) is 182 Å². The van der Waals surface area contributed by atoms with E-state index in [4.69, 9.17) is 32.1 Å². The Kier molecular flexibility index (Phi) is 26.5. The summed E-state index contributed by atoms with van der Waals surface area (Å²) in [5, 5.41) is 8.57. The number of hydrogen-bond acceptors (Lipinski definition) is 10. The van der Waals surface area contributed by atoms with Gasteiger partial charge in [0.25, 0.3) is 0 Å². The summed E-state index contributed by atoms with van der Waals surface area (Å²) in [6.07, 6.45) is 0. The summed E-state index contributed by atoms with van der Waals surface area (Å²) in [7, 11) is -20.2. The number of rotatable bonds is 6. The summed E-state index contributed by atoms with van der Waals surface area (Å²) in [5.41, 5.74) is 0. The molecular weight excluding hydrogens is 1440 g/mol. The molecule has 6 aromatic carbocycles. The van der Waals surface area contributed by atoms with Crippen molar-refractivity contribution in [1.29, 1.82) is 0 Å². The van der Waals surface area contributed by atoms with Crippen LogP contribution < -0.4 is 40.2 Å². The van der Waals surface area contributed by atoms with E-state index in [-0.39, 0.29) is 0 Å². The standard InChI is InChI=1S/2C19H18P.4HI.4Mn.2H2O.10O/c2*1-20(17-11-5-2-6-12-17,18-13-7-3-8-14-18)19-15-9-4-10-16-19;;;;;;;;;;;;;;;;;;;;/h2*2-16H,1H3;4*1H;;;;;2*1H2;;;;;;;;;;/q2*+1;;;;;2*+1;2*+2;;;;;;;;;;;2*-1/p-6. The Morgan fingerprint density at radius 3 is 0.500 bits per heavy atom. The zero-order chi connectivity index (χ0) is 45.7. The molecule has 0 radical (unpaired) electrons. The average Bonchev–Trinajstić information content (AvgIpc) is 3.17. The molecule has 0 amide bonds. The van der Waals surface area contributed by atoms with Crippen molar-refractivity contribution in [3.05, 3.63) is 182 Å². The van der Waals surface area contributed by atoms with Crippen LogP contribution in [0.5, 0.6) is 0 Å². The number of benzene rings is 6. The topological polar surface area (TPSA) is 223 Å². The van der Waals surface area contributed by atoms with Crippen LogP contribution in [0, 0.1) is 0 Å². The fourth-order valence-electron chi connectivity index (χ4n) is 5.25. The van der Waals surface area contributed by atoms with Gasteiger partial charge in [-0.05, 0) is 72.8 Å². The first-order chi connectivity index (χ1) is 27.6. The van der Waals surface area contributed by atoms with E-state index in [0.717, 1.165) is 81.4 Å². The Morgan fingerprint density at radius 2 is 0.417 bits per heavy atom. The Labute approximate surface area is 403 Å². The maximum absolute atomic E-state index is 9.23. The molecule has 0 saturated heterocycles. The van der Waals surface area contributed by atoms with Gasteiger partial charge < -0.3 is 0 Å². The first-order valence-corrected chi connectivity index (χ1v) is 41.7. The third-order valence-electron chi connectivity index (χ3n) is 7.64. The predicted molar refractivity (Wildman–Crippen MR) is 248 cm³/mol. The minimum absolute atomic E-state index is 0.851. The van der Waals surface area contributed by atoms with Crippen molar-refractivity contribution < 1.29 is 86.6 Å². The zero-order valence-electron chi connectivity index (χ0n) is 31.2. The Hall–Kier alpha value is -0.582. The van der Waals surface area contributed by atoms with Gasteiger partial charge in [-0.1, -0.05) is 109 Å². The van der Waals surface area contributed by atoms with Crippen molar-refractivity contribution in [3.8, 4) is 0 Å². The van der Waals surface area contributed by atoms with Gasteiger partial charge >= 0.3 is 168 Å². The van der Waals surface area contributed by atoms with Crippen LogP contribution in [0.4, 0.5) is 0 Å². The molecule has 0 heterocycles. The van der Waals surface area contributed by atoms with Crippen molar-refractivity contribution in [2.75, 3.05) is 13.3 Å². The van der Waals surface area contributed by atoms with Gasteiger partial charge in [-0.15, -0.1) is 0 Å². The van der Waals surface area contributed by atoms with Gasteiger partial charge in [-0.25, -0.2) is 0 Å². The molecule has 12 nitrogen and oxygen atoms in total. The minimum atomic E-state index is -4.40. The molecule has 22 heteroatoms. The molecule has 0 aromatic heterocycles. The van der Waals surface area contributed by atoms with Gasteiger partial charge in [0.15, 0.2) is 0 Å². The van der Waals surface area contributed by atoms with Crippen molar-refractivity contribution in [2.24, 2.45) is 0 Å². The number of hydrogen-bond donors (Lipinski definition) is 2. The van der Waals surface area contributed by atoms with Crippen LogP contribution in [0.2, 0.25) is 0 Å².